The number of amides is 2. The lowest BCUT2D eigenvalue weighted by Gasteiger charge is -2.37. The lowest BCUT2D eigenvalue weighted by Crippen LogP contribution is -2.48. The number of aromatic nitrogens is 4. The first-order valence-electron chi connectivity index (χ1n) is 17.1. The van der Waals surface area contributed by atoms with E-state index in [1.807, 2.05) is 38.4 Å². The van der Waals surface area contributed by atoms with E-state index in [0.717, 1.165) is 11.1 Å². The molecule has 0 aliphatic carbocycles. The molecule has 0 unspecified atom stereocenters. The zero-order valence-corrected chi connectivity index (χ0v) is 32.3. The van der Waals surface area contributed by atoms with Crippen molar-refractivity contribution in [1.29, 1.82) is 0 Å². The molecule has 16 nitrogen and oxygen atoms in total. The number of nitrogens with one attached hydrogen (secondary N) is 1. The molecule has 0 fully saturated rings. The van der Waals surface area contributed by atoms with Crippen LogP contribution in [0.3, 0.4) is 0 Å². The molecule has 286 valence electrons. The van der Waals surface area contributed by atoms with Crippen molar-refractivity contribution in [3.63, 3.8) is 0 Å². The van der Waals surface area contributed by atoms with Crippen LogP contribution < -0.4 is 24.6 Å². The summed E-state index contributed by atoms with van der Waals surface area (Å²) in [6.07, 6.45) is 8.83. The van der Waals surface area contributed by atoms with E-state index in [1.54, 1.807) is 48.5 Å². The predicted octanol–water partition coefficient (Wildman–Crippen LogP) is 6.13. The summed E-state index contributed by atoms with van der Waals surface area (Å²) in [6, 6.07) is 10.3. The van der Waals surface area contributed by atoms with Crippen molar-refractivity contribution >= 4 is 64.5 Å². The first kappa shape index (κ1) is 38.9. The Morgan fingerprint density at radius 3 is 2.51 bits per heavy atom. The molecule has 6 rings (SSSR count). The number of aliphatic imine (C=N–C) groups is 1. The van der Waals surface area contributed by atoms with Crippen LogP contribution in [-0.4, -0.2) is 88.6 Å². The minimum Gasteiger partial charge on any atom is -0.495 e. The predicted molar refractivity (Wildman–Crippen MR) is 209 cm³/mol. The number of aryl methyl sites for hydroxylation is 1. The Balaban J connectivity index is 1.24. The van der Waals surface area contributed by atoms with Gasteiger partial charge in [0, 0.05) is 50.0 Å². The largest absolute Gasteiger partial charge is 0.495 e. The fourth-order valence-electron chi connectivity index (χ4n) is 6.37. The number of carbonyl (C=O) groups is 2. The smallest absolute Gasteiger partial charge is 0.368 e. The molecule has 0 bridgehead atoms. The number of quaternary nitrogens is 1. The maximum absolute atomic E-state index is 14.5. The van der Waals surface area contributed by atoms with Crippen molar-refractivity contribution in [2.24, 2.45) is 12.0 Å². The molecule has 2 aromatic heterocycles. The Morgan fingerprint density at radius 1 is 1.11 bits per heavy atom. The van der Waals surface area contributed by atoms with Gasteiger partial charge in [0.1, 0.15) is 40.1 Å². The fraction of sp³-hybridized carbons (Fsp3) is 0.297. The summed E-state index contributed by atoms with van der Waals surface area (Å²) < 4.78 is 13.0. The summed E-state index contributed by atoms with van der Waals surface area (Å²) in [4.78, 5) is 54.5. The third kappa shape index (κ3) is 8.77. The number of hydrogen-bond acceptors (Lipinski definition) is 11. The Morgan fingerprint density at radius 2 is 1.84 bits per heavy atom. The molecular weight excluding hydrogens is 751 g/mol. The van der Waals surface area contributed by atoms with Gasteiger partial charge in [0.2, 0.25) is 5.95 Å². The van der Waals surface area contributed by atoms with E-state index in [9.17, 15) is 19.7 Å². The zero-order valence-electron chi connectivity index (χ0n) is 30.8. The summed E-state index contributed by atoms with van der Waals surface area (Å²) in [7, 11) is 8.58. The number of rotatable bonds is 15. The minimum absolute atomic E-state index is 0.0446. The van der Waals surface area contributed by atoms with E-state index >= 15 is 0 Å². The molecule has 0 spiro atoms. The van der Waals surface area contributed by atoms with Crippen molar-refractivity contribution < 1.29 is 28.5 Å². The van der Waals surface area contributed by atoms with Crippen LogP contribution in [0.15, 0.2) is 77.3 Å². The number of carbonyl (C=O) groups excluding carboxylic acids is 2. The van der Waals surface area contributed by atoms with Crippen LogP contribution in [0, 0.1) is 10.1 Å². The fourth-order valence-corrected chi connectivity index (χ4v) is 7.07. The van der Waals surface area contributed by atoms with Crippen LogP contribution >= 0.6 is 23.2 Å². The minimum atomic E-state index is -0.468. The third-order valence-corrected chi connectivity index (χ3v) is 9.67. The van der Waals surface area contributed by atoms with Crippen LogP contribution in [0.5, 0.6) is 11.5 Å². The standard InChI is InChI=1S/C37H39Cl2N10O6/c1-45-14-12-30(44-45)42-36-41-19-26-21-46(33-31(38)28(54-4)18-29(55-5)32(33)39)37(51)47(35(26)43-36)20-24-9-6-8-23(16-24)17-27(50)10-7-15-49(2,3)22-25-11-13-40-34(25)48(52)53/h6-10,12-14,16,18-19H,11,15,17,20-22H2,1-5H3,(H,41,42,43,44)/q+1/b10-7+. The Kier molecular flexibility index (Phi) is 11.5. The van der Waals surface area contributed by atoms with Crippen molar-refractivity contribution in [2.75, 3.05) is 56.5 Å². The first-order chi connectivity index (χ1) is 26.3. The van der Waals surface area contributed by atoms with Gasteiger partial charge in [0.15, 0.2) is 11.6 Å². The van der Waals surface area contributed by atoms with Gasteiger partial charge in [-0.15, -0.1) is 0 Å². The molecule has 0 saturated heterocycles. The average molecular weight is 791 g/mol. The van der Waals surface area contributed by atoms with E-state index in [-0.39, 0.29) is 64.3 Å². The summed E-state index contributed by atoms with van der Waals surface area (Å²) in [5.74, 6) is 1.45. The zero-order chi connectivity index (χ0) is 39.4. The number of fused-ring (bicyclic) bond motifs is 1. The van der Waals surface area contributed by atoms with E-state index in [4.69, 9.17) is 37.7 Å². The molecule has 0 atom stereocenters. The maximum atomic E-state index is 14.5. The molecule has 2 amide bonds. The summed E-state index contributed by atoms with van der Waals surface area (Å²) in [5.41, 5.74) is 2.96. The van der Waals surface area contributed by atoms with E-state index in [1.165, 1.54) is 30.1 Å². The van der Waals surface area contributed by atoms with Gasteiger partial charge in [-0.2, -0.15) is 10.1 Å². The van der Waals surface area contributed by atoms with Crippen LogP contribution in [0.1, 0.15) is 23.1 Å². The van der Waals surface area contributed by atoms with Crippen molar-refractivity contribution in [3.8, 4) is 11.5 Å². The molecule has 4 heterocycles. The quantitative estimate of drug-likeness (QED) is 0.0640. The number of benzene rings is 2. The van der Waals surface area contributed by atoms with Crippen molar-refractivity contribution in [3.05, 3.63) is 109 Å². The van der Waals surface area contributed by atoms with Crippen LogP contribution in [0.4, 0.5) is 28.1 Å². The number of methoxy groups -OCH3 is 2. The van der Waals surface area contributed by atoms with Gasteiger partial charge in [0.05, 0.1) is 59.2 Å². The SMILES string of the molecule is COc1cc(OC)c(Cl)c(N2Cc3cnc(Nc4ccn(C)n4)nc3N(Cc3cccc(CC(=O)/C=C/C[N+](C)(C)CC4=C([N+](=O)[O-])N=CC4)c3)C2=O)c1Cl. The number of allylic oxidation sites excluding steroid dienone is 1. The summed E-state index contributed by atoms with van der Waals surface area (Å²) in [5, 5.41) is 19.0. The van der Waals surface area contributed by atoms with Gasteiger partial charge in [-0.25, -0.2) is 9.78 Å². The van der Waals surface area contributed by atoms with Crippen molar-refractivity contribution in [1.82, 2.24) is 19.7 Å². The number of hydrogen-bond donors (Lipinski definition) is 1. The summed E-state index contributed by atoms with van der Waals surface area (Å²) in [6.45, 7) is 1.04. The van der Waals surface area contributed by atoms with Crippen LogP contribution in [0.2, 0.25) is 10.0 Å². The van der Waals surface area contributed by atoms with E-state index in [2.05, 4.69) is 20.4 Å². The molecule has 2 aromatic carbocycles. The second-order valence-electron chi connectivity index (χ2n) is 13.6. The number of likely N-dealkylation sites (N-methyl/N-ethyl adjacent to an activating group) is 1. The first-order valence-corrected chi connectivity index (χ1v) is 17.8. The van der Waals surface area contributed by atoms with Gasteiger partial charge in [-0.1, -0.05) is 52.5 Å². The summed E-state index contributed by atoms with van der Waals surface area (Å²) >= 11 is 13.6. The highest BCUT2D eigenvalue weighted by Gasteiger charge is 2.37. The van der Waals surface area contributed by atoms with Gasteiger partial charge >= 0.3 is 11.9 Å². The molecule has 18 heteroatoms. The van der Waals surface area contributed by atoms with Gasteiger partial charge in [-0.3, -0.25) is 19.3 Å². The maximum Gasteiger partial charge on any atom is 0.368 e. The highest BCUT2D eigenvalue weighted by molar-refractivity contribution is 6.42. The van der Waals surface area contributed by atoms with Gasteiger partial charge in [0.25, 0.3) is 0 Å². The lowest BCUT2D eigenvalue weighted by molar-refractivity contribution is -0.880. The van der Waals surface area contributed by atoms with E-state index < -0.39 is 11.0 Å². The second-order valence-corrected chi connectivity index (χ2v) is 14.4. The van der Waals surface area contributed by atoms with Crippen molar-refractivity contribution in [2.45, 2.75) is 25.9 Å². The number of halogens is 2. The van der Waals surface area contributed by atoms with Crippen LogP contribution in [-0.2, 0) is 31.4 Å². The normalized spacial score (nSPS) is 14.2. The van der Waals surface area contributed by atoms with E-state index in [0.29, 0.717) is 46.8 Å². The molecule has 2 aliphatic heterocycles. The average Bonchev–Trinajstić information content (AvgIpc) is 3.78. The van der Waals surface area contributed by atoms with Gasteiger partial charge in [-0.05, 0) is 28.2 Å². The number of nitrogens with zero attached hydrogens (tertiary/aromatic N) is 9. The third-order valence-electron chi connectivity index (χ3n) is 8.93. The molecule has 55 heavy (non-hydrogen) atoms. The monoisotopic (exact) mass is 789 g/mol. The highest BCUT2D eigenvalue weighted by Crippen LogP contribution is 2.48. The Labute approximate surface area is 327 Å². The Hall–Kier alpha value is -5.84. The number of ketones is 1. The molecule has 2 aliphatic rings. The number of nitro groups is 1. The highest BCUT2D eigenvalue weighted by atomic mass is 35.5. The molecule has 4 aromatic rings. The number of urea groups is 1. The second kappa shape index (κ2) is 16.3. The molecular formula is C37H39Cl2N10O6+. The topological polar surface area (TPSA) is 170 Å². The molecule has 0 saturated carbocycles. The lowest BCUT2D eigenvalue weighted by atomic mass is 10.0. The van der Waals surface area contributed by atoms with Gasteiger partial charge < -0.3 is 29.4 Å². The number of ether oxygens (including phenoxy) is 2. The Bertz CT molecular complexity index is 2220. The van der Waals surface area contributed by atoms with Crippen LogP contribution in [0.25, 0.3) is 0 Å². The molecule has 0 radical (unpaired) electrons. The number of anilines is 4. The molecule has 1 N–H and O–H groups in total.